The average Bonchev–Trinajstić information content (AvgIpc) is 2.47. The third-order valence-electron chi connectivity index (χ3n) is 3.50. The number of piperidine rings is 1. The number of nitrogens with one attached hydrogen (secondary N) is 2. The quantitative estimate of drug-likeness (QED) is 0.801. The van der Waals surface area contributed by atoms with Crippen LogP contribution in [0, 0.1) is 5.92 Å². The van der Waals surface area contributed by atoms with Gasteiger partial charge in [0.15, 0.2) is 6.61 Å². The van der Waals surface area contributed by atoms with E-state index in [-0.39, 0.29) is 35.1 Å². The van der Waals surface area contributed by atoms with Crippen molar-refractivity contribution in [2.45, 2.75) is 30.5 Å². The van der Waals surface area contributed by atoms with Crippen molar-refractivity contribution in [3.63, 3.8) is 0 Å². The van der Waals surface area contributed by atoms with E-state index in [2.05, 4.69) is 19.8 Å². The molecule has 2 rings (SSSR count). The molecule has 1 aromatic heterocycles. The number of hydrogen-bond acceptors (Lipinski definition) is 5. The summed E-state index contributed by atoms with van der Waals surface area (Å²) in [4.78, 5) is 3.50. The van der Waals surface area contributed by atoms with Gasteiger partial charge in [-0.2, -0.15) is 13.2 Å². The van der Waals surface area contributed by atoms with Crippen molar-refractivity contribution in [3.05, 3.63) is 18.3 Å². The molecule has 0 radical (unpaired) electrons. The SMILES string of the molecule is CC1CNCCC1NS(=O)(=O)c1ccc(OCC(F)(F)F)nc1.Cl. The molecular formula is C13H19ClF3N3O3S. The van der Waals surface area contributed by atoms with E-state index in [0.717, 1.165) is 25.4 Å². The first-order valence-corrected chi connectivity index (χ1v) is 8.54. The highest BCUT2D eigenvalue weighted by molar-refractivity contribution is 7.89. The smallest absolute Gasteiger partial charge is 0.422 e. The van der Waals surface area contributed by atoms with E-state index in [9.17, 15) is 21.6 Å². The van der Waals surface area contributed by atoms with E-state index in [1.54, 1.807) is 0 Å². The van der Waals surface area contributed by atoms with Crippen LogP contribution in [0.5, 0.6) is 5.88 Å². The molecule has 1 aliphatic heterocycles. The minimum atomic E-state index is -4.47. The van der Waals surface area contributed by atoms with Crippen molar-refractivity contribution in [2.24, 2.45) is 5.92 Å². The molecule has 0 amide bonds. The molecule has 0 spiro atoms. The van der Waals surface area contributed by atoms with Crippen molar-refractivity contribution >= 4 is 22.4 Å². The Labute approximate surface area is 144 Å². The fraction of sp³-hybridized carbons (Fsp3) is 0.615. The van der Waals surface area contributed by atoms with Crippen molar-refractivity contribution < 1.29 is 26.3 Å². The van der Waals surface area contributed by atoms with Gasteiger partial charge in [0.25, 0.3) is 0 Å². The number of nitrogens with zero attached hydrogens (tertiary/aromatic N) is 1. The van der Waals surface area contributed by atoms with E-state index in [1.165, 1.54) is 6.07 Å². The minimum Gasteiger partial charge on any atom is -0.468 e. The minimum absolute atomic E-state index is 0. The molecular weight excluding hydrogens is 371 g/mol. The van der Waals surface area contributed by atoms with Gasteiger partial charge in [-0.1, -0.05) is 6.92 Å². The summed E-state index contributed by atoms with van der Waals surface area (Å²) in [5.74, 6) is -0.141. The first kappa shape index (κ1) is 20.9. The number of halogens is 4. The van der Waals surface area contributed by atoms with Crippen LogP contribution in [0.1, 0.15) is 13.3 Å². The summed E-state index contributed by atoms with van der Waals surface area (Å²) in [7, 11) is -3.77. The summed E-state index contributed by atoms with van der Waals surface area (Å²) in [6.45, 7) is 1.90. The fourth-order valence-corrected chi connectivity index (χ4v) is 3.55. The largest absolute Gasteiger partial charge is 0.468 e. The summed E-state index contributed by atoms with van der Waals surface area (Å²) in [6, 6.07) is 2.08. The lowest BCUT2D eigenvalue weighted by molar-refractivity contribution is -0.154. The van der Waals surface area contributed by atoms with Crippen LogP contribution < -0.4 is 14.8 Å². The number of ether oxygens (including phenoxy) is 1. The zero-order valence-corrected chi connectivity index (χ0v) is 14.5. The zero-order valence-electron chi connectivity index (χ0n) is 12.8. The zero-order chi connectivity index (χ0) is 17.1. The first-order chi connectivity index (χ1) is 10.7. The Morgan fingerprint density at radius 1 is 1.42 bits per heavy atom. The van der Waals surface area contributed by atoms with Crippen molar-refractivity contribution in [1.82, 2.24) is 15.0 Å². The van der Waals surface area contributed by atoms with Gasteiger partial charge < -0.3 is 10.1 Å². The lowest BCUT2D eigenvalue weighted by Gasteiger charge is -2.29. The molecule has 11 heteroatoms. The highest BCUT2D eigenvalue weighted by Gasteiger charge is 2.29. The van der Waals surface area contributed by atoms with Crippen LogP contribution in [0.15, 0.2) is 23.2 Å². The summed E-state index contributed by atoms with van der Waals surface area (Å²) in [5.41, 5.74) is 0. The summed E-state index contributed by atoms with van der Waals surface area (Å²) in [6.07, 6.45) is -2.82. The molecule has 2 unspecified atom stereocenters. The highest BCUT2D eigenvalue weighted by atomic mass is 35.5. The van der Waals surface area contributed by atoms with E-state index < -0.39 is 22.8 Å². The Balaban J connectivity index is 0.00000288. The normalized spacial score (nSPS) is 21.8. The third-order valence-corrected chi connectivity index (χ3v) is 4.97. The number of aromatic nitrogens is 1. The predicted molar refractivity (Wildman–Crippen MR) is 83.8 cm³/mol. The molecule has 1 saturated heterocycles. The molecule has 1 aliphatic rings. The van der Waals surface area contributed by atoms with E-state index >= 15 is 0 Å². The number of hydrogen-bond donors (Lipinski definition) is 2. The maximum Gasteiger partial charge on any atom is 0.422 e. The summed E-state index contributed by atoms with van der Waals surface area (Å²) in [5, 5.41) is 3.17. The maximum absolute atomic E-state index is 12.3. The highest BCUT2D eigenvalue weighted by Crippen LogP contribution is 2.19. The molecule has 24 heavy (non-hydrogen) atoms. The molecule has 2 atom stereocenters. The maximum atomic E-state index is 12.3. The molecule has 2 heterocycles. The summed E-state index contributed by atoms with van der Waals surface area (Å²) >= 11 is 0. The lowest BCUT2D eigenvalue weighted by Crippen LogP contribution is -2.48. The number of pyridine rings is 1. The van der Waals surface area contributed by atoms with Gasteiger partial charge in [-0.3, -0.25) is 0 Å². The molecule has 1 fully saturated rings. The van der Waals surface area contributed by atoms with E-state index in [4.69, 9.17) is 0 Å². The van der Waals surface area contributed by atoms with Gasteiger partial charge in [0.2, 0.25) is 15.9 Å². The first-order valence-electron chi connectivity index (χ1n) is 7.06. The van der Waals surface area contributed by atoms with E-state index in [1.807, 2.05) is 6.92 Å². The van der Waals surface area contributed by atoms with Gasteiger partial charge >= 0.3 is 6.18 Å². The van der Waals surface area contributed by atoms with Crippen molar-refractivity contribution in [1.29, 1.82) is 0 Å². The van der Waals surface area contributed by atoms with Crippen molar-refractivity contribution in [3.8, 4) is 5.88 Å². The van der Waals surface area contributed by atoms with Crippen LogP contribution in [-0.2, 0) is 10.0 Å². The molecule has 0 aromatic carbocycles. The fourth-order valence-electron chi connectivity index (χ4n) is 2.22. The molecule has 0 saturated carbocycles. The van der Waals surface area contributed by atoms with Gasteiger partial charge in [-0.05, 0) is 31.5 Å². The van der Waals surface area contributed by atoms with Gasteiger partial charge in [-0.25, -0.2) is 18.1 Å². The number of sulfonamides is 1. The van der Waals surface area contributed by atoms with Crippen LogP contribution in [0.3, 0.4) is 0 Å². The number of rotatable bonds is 5. The second-order valence-electron chi connectivity index (χ2n) is 5.43. The predicted octanol–water partition coefficient (Wildman–Crippen LogP) is 1.72. The Kier molecular flexibility index (Phi) is 7.26. The van der Waals surface area contributed by atoms with Gasteiger partial charge in [0, 0.05) is 12.1 Å². The average molecular weight is 390 g/mol. The monoisotopic (exact) mass is 389 g/mol. The number of alkyl halides is 3. The van der Waals surface area contributed by atoms with Gasteiger partial charge in [0.05, 0.1) is 6.20 Å². The standard InChI is InChI=1S/C13H18F3N3O3S.ClH/c1-9-6-17-5-4-11(9)19-23(20,21)10-2-3-12(18-7-10)22-8-13(14,15)16;/h2-3,7,9,11,17,19H,4-6,8H2,1H3;1H. The Hall–Kier alpha value is -1.10. The molecule has 1 aromatic rings. The van der Waals surface area contributed by atoms with Gasteiger partial charge in [-0.15, -0.1) is 12.4 Å². The van der Waals surface area contributed by atoms with Crippen molar-refractivity contribution in [2.75, 3.05) is 19.7 Å². The van der Waals surface area contributed by atoms with Crippen LogP contribution >= 0.6 is 12.4 Å². The molecule has 6 nitrogen and oxygen atoms in total. The molecule has 2 N–H and O–H groups in total. The Morgan fingerprint density at radius 2 is 2.12 bits per heavy atom. The molecule has 0 aliphatic carbocycles. The van der Waals surface area contributed by atoms with Crippen LogP contribution in [0.25, 0.3) is 0 Å². The topological polar surface area (TPSA) is 80.3 Å². The Morgan fingerprint density at radius 3 is 2.67 bits per heavy atom. The lowest BCUT2D eigenvalue weighted by atomic mass is 9.97. The van der Waals surface area contributed by atoms with Crippen LogP contribution in [0.4, 0.5) is 13.2 Å². The molecule has 0 bridgehead atoms. The van der Waals surface area contributed by atoms with E-state index in [0.29, 0.717) is 6.42 Å². The molecule has 138 valence electrons. The Bertz CT molecular complexity index is 626. The van der Waals surface area contributed by atoms with Gasteiger partial charge in [0.1, 0.15) is 4.90 Å². The third kappa shape index (κ3) is 6.08. The van der Waals surface area contributed by atoms with Crippen LogP contribution in [-0.4, -0.2) is 45.3 Å². The second-order valence-corrected chi connectivity index (χ2v) is 7.15. The second kappa shape index (κ2) is 8.32. The summed E-state index contributed by atoms with van der Waals surface area (Å²) < 4.78 is 67.7. The van der Waals surface area contributed by atoms with Crippen LogP contribution in [0.2, 0.25) is 0 Å².